The van der Waals surface area contributed by atoms with Crippen LogP contribution in [0.1, 0.15) is 25.5 Å². The van der Waals surface area contributed by atoms with E-state index in [2.05, 4.69) is 21.2 Å². The van der Waals surface area contributed by atoms with Crippen LogP contribution in [-0.2, 0) is 0 Å². The lowest BCUT2D eigenvalue weighted by Gasteiger charge is -2.18. The number of halogens is 2. The molecule has 0 saturated heterocycles. The van der Waals surface area contributed by atoms with E-state index in [0.29, 0.717) is 4.47 Å². The van der Waals surface area contributed by atoms with Gasteiger partial charge >= 0.3 is 0 Å². The molecule has 0 amide bonds. The van der Waals surface area contributed by atoms with Crippen molar-refractivity contribution >= 4 is 15.9 Å². The first-order valence-corrected chi connectivity index (χ1v) is 5.65. The van der Waals surface area contributed by atoms with E-state index in [1.54, 1.807) is 12.1 Å². The Morgan fingerprint density at radius 1 is 1.47 bits per heavy atom. The Hall–Kier alpha value is -0.450. The summed E-state index contributed by atoms with van der Waals surface area (Å²) >= 11 is 3.15. The quantitative estimate of drug-likeness (QED) is 0.886. The van der Waals surface area contributed by atoms with Gasteiger partial charge in [-0.15, -0.1) is 0 Å². The number of nitrogens with one attached hydrogen (secondary N) is 1. The predicted octanol–water partition coefficient (Wildman–Crippen LogP) is 2.62. The van der Waals surface area contributed by atoms with Crippen molar-refractivity contribution in [2.24, 2.45) is 0 Å². The average Bonchev–Trinajstić information content (AvgIpc) is 2.21. The number of rotatable bonds is 4. The topological polar surface area (TPSA) is 32.3 Å². The van der Waals surface area contributed by atoms with E-state index in [9.17, 15) is 4.39 Å². The molecule has 1 aromatic rings. The average molecular weight is 276 g/mol. The fraction of sp³-hybridized carbons (Fsp3) is 0.455. The second-order valence-electron chi connectivity index (χ2n) is 3.65. The van der Waals surface area contributed by atoms with Crippen molar-refractivity contribution in [2.75, 3.05) is 6.61 Å². The van der Waals surface area contributed by atoms with Crippen LogP contribution in [-0.4, -0.2) is 17.8 Å². The number of aliphatic hydroxyl groups excluding tert-OH is 1. The highest BCUT2D eigenvalue weighted by Crippen LogP contribution is 2.21. The molecule has 2 atom stereocenters. The van der Waals surface area contributed by atoms with Crippen LogP contribution in [0.25, 0.3) is 0 Å². The molecule has 1 aromatic carbocycles. The third-order valence-electron chi connectivity index (χ3n) is 2.25. The van der Waals surface area contributed by atoms with Crippen LogP contribution < -0.4 is 5.32 Å². The molecule has 1 unspecified atom stereocenters. The fourth-order valence-corrected chi connectivity index (χ4v) is 1.75. The molecule has 84 valence electrons. The van der Waals surface area contributed by atoms with Gasteiger partial charge in [-0.3, -0.25) is 0 Å². The largest absolute Gasteiger partial charge is 0.395 e. The first-order chi connectivity index (χ1) is 7.04. The second-order valence-corrected chi connectivity index (χ2v) is 4.50. The summed E-state index contributed by atoms with van der Waals surface area (Å²) in [6.45, 7) is 3.97. The van der Waals surface area contributed by atoms with Gasteiger partial charge in [-0.2, -0.15) is 0 Å². The maximum atomic E-state index is 13.0. The van der Waals surface area contributed by atoms with Gasteiger partial charge in [0.05, 0.1) is 11.1 Å². The molecule has 0 spiro atoms. The van der Waals surface area contributed by atoms with Crippen molar-refractivity contribution in [1.82, 2.24) is 5.32 Å². The number of hydrogen-bond donors (Lipinski definition) is 2. The molecule has 0 bridgehead atoms. The van der Waals surface area contributed by atoms with Gasteiger partial charge in [0, 0.05) is 12.1 Å². The predicted molar refractivity (Wildman–Crippen MR) is 62.2 cm³/mol. The Morgan fingerprint density at radius 2 is 2.13 bits per heavy atom. The number of hydrogen-bond acceptors (Lipinski definition) is 2. The first kappa shape index (κ1) is 12.6. The molecule has 0 aromatic heterocycles. The molecule has 1 rings (SSSR count). The van der Waals surface area contributed by atoms with Crippen LogP contribution >= 0.6 is 15.9 Å². The van der Waals surface area contributed by atoms with Gasteiger partial charge < -0.3 is 10.4 Å². The maximum absolute atomic E-state index is 13.0. The summed E-state index contributed by atoms with van der Waals surface area (Å²) in [6.07, 6.45) is 0. The normalized spacial score (nSPS) is 15.0. The Balaban J connectivity index is 2.73. The van der Waals surface area contributed by atoms with E-state index >= 15 is 0 Å². The third kappa shape index (κ3) is 3.55. The molecule has 4 heteroatoms. The van der Waals surface area contributed by atoms with E-state index in [1.165, 1.54) is 6.07 Å². The van der Waals surface area contributed by atoms with E-state index in [-0.39, 0.29) is 24.5 Å². The minimum absolute atomic E-state index is 0.0313. The van der Waals surface area contributed by atoms with Gasteiger partial charge in [0.2, 0.25) is 0 Å². The molecular weight excluding hydrogens is 261 g/mol. The first-order valence-electron chi connectivity index (χ1n) is 4.86. The smallest absolute Gasteiger partial charge is 0.137 e. The Bertz CT molecular complexity index is 332. The Labute approximate surface area is 97.6 Å². The number of aliphatic hydroxyl groups is 1. The van der Waals surface area contributed by atoms with E-state index < -0.39 is 0 Å². The van der Waals surface area contributed by atoms with Crippen molar-refractivity contribution in [2.45, 2.75) is 25.9 Å². The summed E-state index contributed by atoms with van der Waals surface area (Å²) in [5.74, 6) is -0.263. The summed E-state index contributed by atoms with van der Waals surface area (Å²) in [4.78, 5) is 0. The van der Waals surface area contributed by atoms with Crippen LogP contribution in [0.3, 0.4) is 0 Å². The van der Waals surface area contributed by atoms with Crippen LogP contribution in [0.4, 0.5) is 4.39 Å². The van der Waals surface area contributed by atoms with Gasteiger partial charge in [-0.25, -0.2) is 4.39 Å². The van der Waals surface area contributed by atoms with Crippen molar-refractivity contribution < 1.29 is 9.50 Å². The summed E-state index contributed by atoms with van der Waals surface area (Å²) in [5, 5.41) is 12.1. The summed E-state index contributed by atoms with van der Waals surface area (Å²) in [7, 11) is 0. The molecule has 15 heavy (non-hydrogen) atoms. The summed E-state index contributed by atoms with van der Waals surface area (Å²) in [5.41, 5.74) is 0.989. The molecule has 0 aliphatic heterocycles. The Kier molecular flexibility index (Phi) is 4.70. The Morgan fingerprint density at radius 3 is 2.67 bits per heavy atom. The summed E-state index contributed by atoms with van der Waals surface area (Å²) in [6, 6.07) is 5.04. The van der Waals surface area contributed by atoms with E-state index in [1.807, 2.05) is 13.8 Å². The molecule has 2 N–H and O–H groups in total. The molecule has 0 heterocycles. The zero-order chi connectivity index (χ0) is 11.4. The second kappa shape index (κ2) is 5.58. The lowest BCUT2D eigenvalue weighted by atomic mass is 10.1. The highest BCUT2D eigenvalue weighted by Gasteiger charge is 2.10. The third-order valence-corrected chi connectivity index (χ3v) is 2.86. The van der Waals surface area contributed by atoms with Gasteiger partial charge in [0.25, 0.3) is 0 Å². The van der Waals surface area contributed by atoms with Crippen LogP contribution in [0.15, 0.2) is 22.7 Å². The maximum Gasteiger partial charge on any atom is 0.137 e. The van der Waals surface area contributed by atoms with Crippen LogP contribution in [0, 0.1) is 5.82 Å². The lowest BCUT2D eigenvalue weighted by Crippen LogP contribution is -2.31. The van der Waals surface area contributed by atoms with E-state index in [0.717, 1.165) is 5.56 Å². The van der Waals surface area contributed by atoms with Gasteiger partial charge in [0.15, 0.2) is 0 Å². The molecule has 0 aliphatic carbocycles. The van der Waals surface area contributed by atoms with Crippen LogP contribution in [0.5, 0.6) is 0 Å². The summed E-state index contributed by atoms with van der Waals surface area (Å²) < 4.78 is 13.4. The number of benzene rings is 1. The van der Waals surface area contributed by atoms with Crippen molar-refractivity contribution in [3.63, 3.8) is 0 Å². The molecular formula is C11H15BrFNO. The minimum atomic E-state index is -0.263. The molecule has 0 fully saturated rings. The zero-order valence-electron chi connectivity index (χ0n) is 8.80. The molecule has 0 radical (unpaired) electrons. The van der Waals surface area contributed by atoms with Gasteiger partial charge in [-0.1, -0.05) is 6.07 Å². The van der Waals surface area contributed by atoms with Crippen molar-refractivity contribution in [3.05, 3.63) is 34.1 Å². The standard InChI is InChI=1S/C11H15BrFNO/c1-7(6-15)14-8(2)9-3-4-11(13)10(12)5-9/h3-5,7-8,14-15H,6H2,1-2H3/t7-,8?/m0/s1. The van der Waals surface area contributed by atoms with Gasteiger partial charge in [-0.05, 0) is 47.5 Å². The van der Waals surface area contributed by atoms with Gasteiger partial charge in [0.1, 0.15) is 5.82 Å². The zero-order valence-corrected chi connectivity index (χ0v) is 10.4. The molecule has 0 saturated carbocycles. The fourth-order valence-electron chi connectivity index (χ4n) is 1.36. The monoisotopic (exact) mass is 275 g/mol. The minimum Gasteiger partial charge on any atom is -0.395 e. The molecule has 2 nitrogen and oxygen atoms in total. The van der Waals surface area contributed by atoms with E-state index in [4.69, 9.17) is 5.11 Å². The molecule has 0 aliphatic rings. The highest BCUT2D eigenvalue weighted by molar-refractivity contribution is 9.10. The lowest BCUT2D eigenvalue weighted by molar-refractivity contribution is 0.243. The van der Waals surface area contributed by atoms with Crippen molar-refractivity contribution in [1.29, 1.82) is 0 Å². The highest BCUT2D eigenvalue weighted by atomic mass is 79.9. The SMILES string of the molecule is CC(N[C@@H](C)CO)c1ccc(F)c(Br)c1. The van der Waals surface area contributed by atoms with Crippen molar-refractivity contribution in [3.8, 4) is 0 Å². The van der Waals surface area contributed by atoms with Crippen LogP contribution in [0.2, 0.25) is 0 Å².